The highest BCUT2D eigenvalue weighted by atomic mass is 32.2. The van der Waals surface area contributed by atoms with Crippen LogP contribution < -0.4 is 0 Å². The van der Waals surface area contributed by atoms with E-state index < -0.39 is 10.0 Å². The molecule has 6 heteroatoms. The summed E-state index contributed by atoms with van der Waals surface area (Å²) in [4.78, 5) is 14.8. The highest BCUT2D eigenvalue weighted by molar-refractivity contribution is 7.89. The molecule has 5 nitrogen and oxygen atoms in total. The van der Waals surface area contributed by atoms with Crippen molar-refractivity contribution >= 4 is 15.9 Å². The fourth-order valence-electron chi connectivity index (χ4n) is 6.03. The van der Waals surface area contributed by atoms with Gasteiger partial charge in [-0.2, -0.15) is 4.31 Å². The molecule has 0 aromatic rings. The van der Waals surface area contributed by atoms with Gasteiger partial charge in [-0.1, -0.05) is 18.9 Å². The Kier molecular flexibility index (Phi) is 6.46. The largest absolute Gasteiger partial charge is 0.316 e. The lowest BCUT2D eigenvalue weighted by molar-refractivity contribution is -0.130. The number of likely N-dealkylation sites (tertiary alicyclic amines) is 1. The number of hydrogen-bond acceptors (Lipinski definition) is 3. The summed E-state index contributed by atoms with van der Waals surface area (Å²) in [5.41, 5.74) is 1.23. The van der Waals surface area contributed by atoms with Gasteiger partial charge in [-0.25, -0.2) is 8.42 Å². The van der Waals surface area contributed by atoms with E-state index in [4.69, 9.17) is 0 Å². The van der Waals surface area contributed by atoms with Gasteiger partial charge in [-0.05, 0) is 76.0 Å². The molecule has 0 spiro atoms. The molecule has 158 valence electrons. The van der Waals surface area contributed by atoms with Crippen molar-refractivity contribution in [1.82, 2.24) is 9.21 Å². The molecule has 3 fully saturated rings. The summed E-state index contributed by atoms with van der Waals surface area (Å²) < 4.78 is 27.8. The van der Waals surface area contributed by atoms with Gasteiger partial charge >= 0.3 is 0 Å². The number of nitrogens with zero attached hydrogens (tertiary/aromatic N) is 2. The lowest BCUT2D eigenvalue weighted by atomic mass is 9.79. The zero-order valence-electron chi connectivity index (χ0n) is 17.2. The van der Waals surface area contributed by atoms with Gasteiger partial charge in [-0.3, -0.25) is 4.79 Å². The van der Waals surface area contributed by atoms with Crippen LogP contribution >= 0.6 is 0 Å². The van der Waals surface area contributed by atoms with Crippen molar-refractivity contribution < 1.29 is 13.2 Å². The Bertz CT molecular complexity index is 701. The highest BCUT2D eigenvalue weighted by Gasteiger charge is 2.39. The maximum Gasteiger partial charge on any atom is 0.226 e. The third kappa shape index (κ3) is 4.33. The van der Waals surface area contributed by atoms with E-state index in [1.165, 1.54) is 44.2 Å². The third-order valence-corrected chi connectivity index (χ3v) is 9.39. The van der Waals surface area contributed by atoms with Crippen molar-refractivity contribution in [3.8, 4) is 0 Å². The van der Waals surface area contributed by atoms with E-state index in [0.29, 0.717) is 31.2 Å². The summed E-state index contributed by atoms with van der Waals surface area (Å²) in [6.45, 7) is 1.49. The molecule has 3 atom stereocenters. The summed E-state index contributed by atoms with van der Waals surface area (Å²) in [5, 5.41) is 0. The van der Waals surface area contributed by atoms with Crippen LogP contribution in [-0.4, -0.2) is 48.4 Å². The van der Waals surface area contributed by atoms with Crippen LogP contribution in [0.15, 0.2) is 11.8 Å². The molecule has 0 bridgehead atoms. The van der Waals surface area contributed by atoms with Crippen molar-refractivity contribution in [2.24, 2.45) is 11.8 Å². The predicted molar refractivity (Wildman–Crippen MR) is 111 cm³/mol. The molecule has 1 amide bonds. The Morgan fingerprint density at radius 3 is 2.61 bits per heavy atom. The molecule has 0 aromatic carbocycles. The molecule has 3 unspecified atom stereocenters. The van der Waals surface area contributed by atoms with Crippen LogP contribution in [0.4, 0.5) is 0 Å². The Balaban J connectivity index is 1.32. The van der Waals surface area contributed by atoms with Gasteiger partial charge in [0.15, 0.2) is 0 Å². The monoisotopic (exact) mass is 408 g/mol. The number of hydrogen-bond donors (Lipinski definition) is 0. The molecule has 4 rings (SSSR count). The van der Waals surface area contributed by atoms with E-state index in [2.05, 4.69) is 6.08 Å². The predicted octanol–water partition coefficient (Wildman–Crippen LogP) is 4.06. The van der Waals surface area contributed by atoms with Crippen LogP contribution in [0.25, 0.3) is 0 Å². The molecule has 0 radical (unpaired) electrons. The second-order valence-electron chi connectivity index (χ2n) is 9.23. The molecule has 4 aliphatic rings. The zero-order valence-corrected chi connectivity index (χ0v) is 18.0. The average Bonchev–Trinajstić information content (AvgIpc) is 2.72. The third-order valence-electron chi connectivity index (χ3n) is 7.42. The van der Waals surface area contributed by atoms with Gasteiger partial charge in [-0.15, -0.1) is 0 Å². The van der Waals surface area contributed by atoms with Gasteiger partial charge in [0.25, 0.3) is 0 Å². The molecule has 2 heterocycles. The van der Waals surface area contributed by atoms with E-state index in [-0.39, 0.29) is 17.7 Å². The van der Waals surface area contributed by atoms with E-state index in [9.17, 15) is 13.2 Å². The Hall–Kier alpha value is -0.880. The fourth-order valence-corrected chi connectivity index (χ4v) is 7.87. The van der Waals surface area contributed by atoms with E-state index in [1.807, 2.05) is 9.21 Å². The van der Waals surface area contributed by atoms with Crippen molar-refractivity contribution in [1.29, 1.82) is 0 Å². The van der Waals surface area contributed by atoms with Gasteiger partial charge in [0.1, 0.15) is 0 Å². The van der Waals surface area contributed by atoms with Crippen LogP contribution in [0.3, 0.4) is 0 Å². The molecule has 2 saturated heterocycles. The van der Waals surface area contributed by atoms with Crippen LogP contribution in [0.1, 0.15) is 83.5 Å². The average molecular weight is 409 g/mol. The molecule has 2 aliphatic carbocycles. The van der Waals surface area contributed by atoms with Crippen LogP contribution in [0.5, 0.6) is 0 Å². The van der Waals surface area contributed by atoms with E-state index in [1.54, 1.807) is 0 Å². The van der Waals surface area contributed by atoms with Crippen molar-refractivity contribution in [3.05, 3.63) is 11.8 Å². The summed E-state index contributed by atoms with van der Waals surface area (Å²) in [6.07, 6.45) is 15.6. The second-order valence-corrected chi connectivity index (χ2v) is 11.3. The van der Waals surface area contributed by atoms with Crippen molar-refractivity contribution in [3.63, 3.8) is 0 Å². The quantitative estimate of drug-likeness (QED) is 0.689. The van der Waals surface area contributed by atoms with Crippen molar-refractivity contribution in [2.75, 3.05) is 18.8 Å². The van der Waals surface area contributed by atoms with Gasteiger partial charge < -0.3 is 4.90 Å². The molecular weight excluding hydrogens is 372 g/mol. The van der Waals surface area contributed by atoms with E-state index in [0.717, 1.165) is 38.6 Å². The molecular formula is C22H36N2O3S. The van der Waals surface area contributed by atoms with E-state index >= 15 is 0 Å². The summed E-state index contributed by atoms with van der Waals surface area (Å²) >= 11 is 0. The van der Waals surface area contributed by atoms with Gasteiger partial charge in [0.05, 0.1) is 5.75 Å². The number of sulfonamides is 1. The van der Waals surface area contributed by atoms with Crippen LogP contribution in [-0.2, 0) is 14.8 Å². The Morgan fingerprint density at radius 2 is 1.71 bits per heavy atom. The minimum absolute atomic E-state index is 0.123. The molecule has 0 aromatic heterocycles. The van der Waals surface area contributed by atoms with Crippen molar-refractivity contribution in [2.45, 2.75) is 89.5 Å². The minimum atomic E-state index is -3.26. The van der Waals surface area contributed by atoms with Gasteiger partial charge in [0, 0.05) is 31.2 Å². The fraction of sp³-hybridized carbons (Fsp3) is 0.864. The van der Waals surface area contributed by atoms with Gasteiger partial charge in [0.2, 0.25) is 15.9 Å². The second kappa shape index (κ2) is 8.86. The molecule has 28 heavy (non-hydrogen) atoms. The SMILES string of the molecule is O=C(CCCS(=O)(=O)N1CCCC2CCCCC21)N1CCCC2CCCC=C21. The molecule has 0 N–H and O–H groups in total. The zero-order chi connectivity index (χ0) is 19.6. The first-order chi connectivity index (χ1) is 13.6. The molecule has 1 saturated carbocycles. The molecule has 2 aliphatic heterocycles. The Morgan fingerprint density at radius 1 is 0.964 bits per heavy atom. The highest BCUT2D eigenvalue weighted by Crippen LogP contribution is 2.37. The minimum Gasteiger partial charge on any atom is -0.316 e. The number of carbonyl (C=O) groups excluding carboxylic acids is 1. The lowest BCUT2D eigenvalue weighted by Crippen LogP contribution is -2.50. The number of carbonyl (C=O) groups is 1. The topological polar surface area (TPSA) is 57.7 Å². The smallest absolute Gasteiger partial charge is 0.226 e. The number of rotatable bonds is 5. The maximum atomic E-state index is 13.0. The number of piperidine rings is 2. The van der Waals surface area contributed by atoms with Crippen LogP contribution in [0, 0.1) is 11.8 Å². The first kappa shape index (κ1) is 20.4. The number of allylic oxidation sites excluding steroid dienone is 2. The standard InChI is InChI=1S/C22H36N2O3S/c25-22(23-15-5-10-18-8-1-3-12-20(18)23)14-7-17-28(26,27)24-16-6-11-19-9-2-4-13-21(19)24/h12,18-19,21H,1-11,13-17H2. The summed E-state index contributed by atoms with van der Waals surface area (Å²) in [6, 6.07) is 0.221. The normalized spacial score (nSPS) is 31.6. The summed E-state index contributed by atoms with van der Waals surface area (Å²) in [5.74, 6) is 1.36. The maximum absolute atomic E-state index is 13.0. The first-order valence-corrected chi connectivity index (χ1v) is 13.2. The lowest BCUT2D eigenvalue weighted by Gasteiger charge is -2.43. The first-order valence-electron chi connectivity index (χ1n) is 11.6. The van der Waals surface area contributed by atoms with Crippen LogP contribution in [0.2, 0.25) is 0 Å². The summed E-state index contributed by atoms with van der Waals surface area (Å²) in [7, 11) is -3.26. The Labute approximate surface area is 170 Å². The number of fused-ring (bicyclic) bond motifs is 2. The number of amides is 1.